The second kappa shape index (κ2) is 6.42. The molecule has 0 bridgehead atoms. The van der Waals surface area contributed by atoms with Gasteiger partial charge in [-0.1, -0.05) is 0 Å². The van der Waals surface area contributed by atoms with E-state index in [9.17, 15) is 9.59 Å². The molecule has 1 aromatic heterocycles. The maximum Gasteiger partial charge on any atom is 0.245 e. The third-order valence-electron chi connectivity index (χ3n) is 4.75. The van der Waals surface area contributed by atoms with E-state index in [1.807, 2.05) is 11.1 Å². The van der Waals surface area contributed by atoms with Crippen LogP contribution in [0.4, 0.5) is 0 Å². The molecule has 6 heteroatoms. The molecule has 118 valence electrons. The van der Waals surface area contributed by atoms with E-state index in [-0.39, 0.29) is 17.9 Å². The molecule has 0 aliphatic carbocycles. The highest BCUT2D eigenvalue weighted by Crippen LogP contribution is 2.28. The van der Waals surface area contributed by atoms with Gasteiger partial charge in [-0.3, -0.25) is 19.6 Å². The summed E-state index contributed by atoms with van der Waals surface area (Å²) < 4.78 is 0. The SMILES string of the molecule is CC(=O)N1CCCC1C(=O)N1CCC(c2cnccn2)CC1. The predicted molar refractivity (Wildman–Crippen MR) is 81.0 cm³/mol. The predicted octanol–water partition coefficient (Wildman–Crippen LogP) is 1.19. The summed E-state index contributed by atoms with van der Waals surface area (Å²) in [4.78, 5) is 36.4. The molecule has 2 fully saturated rings. The van der Waals surface area contributed by atoms with Crippen molar-refractivity contribution < 1.29 is 9.59 Å². The lowest BCUT2D eigenvalue weighted by Gasteiger charge is -2.35. The Bertz CT molecular complexity index is 540. The van der Waals surface area contributed by atoms with Crippen molar-refractivity contribution in [1.82, 2.24) is 19.8 Å². The second-order valence-electron chi connectivity index (χ2n) is 6.10. The topological polar surface area (TPSA) is 66.4 Å². The molecule has 2 saturated heterocycles. The Morgan fingerprint density at radius 1 is 1.14 bits per heavy atom. The Morgan fingerprint density at radius 3 is 2.55 bits per heavy atom. The average molecular weight is 302 g/mol. The van der Waals surface area contributed by atoms with Crippen LogP contribution in [-0.2, 0) is 9.59 Å². The molecule has 2 amide bonds. The summed E-state index contributed by atoms with van der Waals surface area (Å²) in [6.07, 6.45) is 8.76. The van der Waals surface area contributed by atoms with Crippen LogP contribution in [0.5, 0.6) is 0 Å². The summed E-state index contributed by atoms with van der Waals surface area (Å²) in [7, 11) is 0. The maximum atomic E-state index is 12.7. The van der Waals surface area contributed by atoms with Crippen LogP contribution in [0.1, 0.15) is 44.2 Å². The molecular weight excluding hydrogens is 280 g/mol. The van der Waals surface area contributed by atoms with Gasteiger partial charge in [-0.25, -0.2) is 0 Å². The number of carbonyl (C=O) groups excluding carboxylic acids is 2. The number of hydrogen-bond donors (Lipinski definition) is 0. The van der Waals surface area contributed by atoms with Gasteiger partial charge in [0.1, 0.15) is 6.04 Å². The first kappa shape index (κ1) is 14.9. The summed E-state index contributed by atoms with van der Waals surface area (Å²) in [5.41, 5.74) is 1.01. The first-order valence-electron chi connectivity index (χ1n) is 7.98. The lowest BCUT2D eigenvalue weighted by molar-refractivity contribution is -0.143. The van der Waals surface area contributed by atoms with Crippen LogP contribution in [0.15, 0.2) is 18.6 Å². The van der Waals surface area contributed by atoms with Gasteiger partial charge in [-0.2, -0.15) is 0 Å². The van der Waals surface area contributed by atoms with E-state index in [1.54, 1.807) is 24.2 Å². The Balaban J connectivity index is 1.59. The maximum absolute atomic E-state index is 12.7. The van der Waals surface area contributed by atoms with Gasteiger partial charge >= 0.3 is 0 Å². The molecule has 1 atom stereocenters. The van der Waals surface area contributed by atoms with E-state index in [4.69, 9.17) is 0 Å². The van der Waals surface area contributed by atoms with Gasteiger partial charge in [0.2, 0.25) is 11.8 Å². The quantitative estimate of drug-likeness (QED) is 0.823. The average Bonchev–Trinajstić information content (AvgIpc) is 3.05. The summed E-state index contributed by atoms with van der Waals surface area (Å²) in [5, 5.41) is 0. The van der Waals surface area contributed by atoms with E-state index in [0.717, 1.165) is 44.5 Å². The molecule has 2 aliphatic heterocycles. The van der Waals surface area contributed by atoms with E-state index >= 15 is 0 Å². The molecule has 0 radical (unpaired) electrons. The third-order valence-corrected chi connectivity index (χ3v) is 4.75. The van der Waals surface area contributed by atoms with Crippen LogP contribution < -0.4 is 0 Å². The van der Waals surface area contributed by atoms with Crippen molar-refractivity contribution in [3.8, 4) is 0 Å². The number of amides is 2. The van der Waals surface area contributed by atoms with Crippen molar-refractivity contribution in [2.45, 2.75) is 44.6 Å². The molecular formula is C16H22N4O2. The molecule has 0 N–H and O–H groups in total. The van der Waals surface area contributed by atoms with Crippen LogP contribution in [0.25, 0.3) is 0 Å². The summed E-state index contributed by atoms with van der Waals surface area (Å²) >= 11 is 0. The highest BCUT2D eigenvalue weighted by molar-refractivity contribution is 5.87. The number of likely N-dealkylation sites (tertiary alicyclic amines) is 2. The van der Waals surface area contributed by atoms with Crippen molar-refractivity contribution in [2.75, 3.05) is 19.6 Å². The van der Waals surface area contributed by atoms with Crippen molar-refractivity contribution in [1.29, 1.82) is 0 Å². The standard InChI is InChI=1S/C16H22N4O2/c1-12(21)20-8-2-3-15(20)16(22)19-9-4-13(5-10-19)14-11-17-6-7-18-14/h6-7,11,13,15H,2-5,8-10H2,1H3. The molecule has 2 aliphatic rings. The minimum atomic E-state index is -0.245. The van der Waals surface area contributed by atoms with Crippen molar-refractivity contribution >= 4 is 11.8 Å². The zero-order valence-corrected chi connectivity index (χ0v) is 12.9. The van der Waals surface area contributed by atoms with Crippen molar-refractivity contribution in [3.05, 3.63) is 24.3 Å². The number of carbonyl (C=O) groups is 2. The lowest BCUT2D eigenvalue weighted by Crippen LogP contribution is -2.49. The van der Waals surface area contributed by atoms with Crippen LogP contribution in [0.3, 0.4) is 0 Å². The highest BCUT2D eigenvalue weighted by Gasteiger charge is 2.36. The Hall–Kier alpha value is -1.98. The molecule has 1 aromatic rings. The zero-order valence-electron chi connectivity index (χ0n) is 12.9. The number of nitrogens with zero attached hydrogens (tertiary/aromatic N) is 4. The van der Waals surface area contributed by atoms with Gasteiger partial charge in [0, 0.05) is 51.1 Å². The minimum Gasteiger partial charge on any atom is -0.341 e. The number of piperidine rings is 1. The van der Waals surface area contributed by atoms with E-state index in [2.05, 4.69) is 9.97 Å². The van der Waals surface area contributed by atoms with E-state index < -0.39 is 0 Å². The molecule has 0 aromatic carbocycles. The van der Waals surface area contributed by atoms with Crippen molar-refractivity contribution in [2.24, 2.45) is 0 Å². The molecule has 0 saturated carbocycles. The van der Waals surface area contributed by atoms with Gasteiger partial charge in [0.25, 0.3) is 0 Å². The van der Waals surface area contributed by atoms with Crippen LogP contribution >= 0.6 is 0 Å². The highest BCUT2D eigenvalue weighted by atomic mass is 16.2. The monoisotopic (exact) mass is 302 g/mol. The van der Waals surface area contributed by atoms with Gasteiger partial charge in [-0.05, 0) is 25.7 Å². The molecule has 0 spiro atoms. The third kappa shape index (κ3) is 2.96. The van der Waals surface area contributed by atoms with E-state index in [0.29, 0.717) is 12.5 Å². The van der Waals surface area contributed by atoms with Gasteiger partial charge in [0.15, 0.2) is 0 Å². The summed E-state index contributed by atoms with van der Waals surface area (Å²) in [5.74, 6) is 0.501. The van der Waals surface area contributed by atoms with Crippen LogP contribution in [-0.4, -0.2) is 57.3 Å². The van der Waals surface area contributed by atoms with E-state index in [1.165, 1.54) is 0 Å². The van der Waals surface area contributed by atoms with Crippen molar-refractivity contribution in [3.63, 3.8) is 0 Å². The smallest absolute Gasteiger partial charge is 0.245 e. The fourth-order valence-corrected chi connectivity index (χ4v) is 3.53. The Kier molecular flexibility index (Phi) is 4.36. The molecule has 3 heterocycles. The van der Waals surface area contributed by atoms with Gasteiger partial charge in [0.05, 0.1) is 5.69 Å². The summed E-state index contributed by atoms with van der Waals surface area (Å²) in [6, 6.07) is -0.245. The van der Waals surface area contributed by atoms with Gasteiger partial charge < -0.3 is 9.80 Å². The minimum absolute atomic E-state index is 0.00490. The number of rotatable bonds is 2. The second-order valence-corrected chi connectivity index (χ2v) is 6.10. The molecule has 3 rings (SSSR count). The van der Waals surface area contributed by atoms with Crippen LogP contribution in [0.2, 0.25) is 0 Å². The molecule has 1 unspecified atom stereocenters. The molecule has 22 heavy (non-hydrogen) atoms. The largest absolute Gasteiger partial charge is 0.341 e. The summed E-state index contributed by atoms with van der Waals surface area (Å²) in [6.45, 7) is 3.73. The van der Waals surface area contributed by atoms with Gasteiger partial charge in [-0.15, -0.1) is 0 Å². The lowest BCUT2D eigenvalue weighted by atomic mass is 9.93. The zero-order chi connectivity index (χ0) is 15.5. The number of aromatic nitrogens is 2. The Morgan fingerprint density at radius 2 is 1.91 bits per heavy atom. The fourth-order valence-electron chi connectivity index (χ4n) is 3.53. The van der Waals surface area contributed by atoms with Crippen LogP contribution in [0, 0.1) is 0 Å². The first-order valence-corrected chi connectivity index (χ1v) is 7.98. The number of hydrogen-bond acceptors (Lipinski definition) is 4. The first-order chi connectivity index (χ1) is 10.7. The molecule has 6 nitrogen and oxygen atoms in total. The Labute approximate surface area is 130 Å². The fraction of sp³-hybridized carbons (Fsp3) is 0.625. The normalized spacial score (nSPS) is 22.9.